The van der Waals surface area contributed by atoms with Gasteiger partial charge in [0.25, 0.3) is 0 Å². The predicted molar refractivity (Wildman–Crippen MR) is 130 cm³/mol. The average Bonchev–Trinajstić information content (AvgIpc) is 3.26. The molecule has 1 N–H and O–H groups in total. The van der Waals surface area contributed by atoms with Crippen LogP contribution in [0.1, 0.15) is 23.1 Å². The summed E-state index contributed by atoms with van der Waals surface area (Å²) >= 11 is 12.2. The van der Waals surface area contributed by atoms with Crippen molar-refractivity contribution in [2.75, 3.05) is 13.1 Å². The van der Waals surface area contributed by atoms with Crippen LogP contribution in [0.2, 0.25) is 10.0 Å². The Hall–Kier alpha value is -2.44. The van der Waals surface area contributed by atoms with E-state index in [1.807, 2.05) is 36.4 Å². The number of halogens is 3. The molecule has 0 saturated heterocycles. The number of hydrogen-bond donors (Lipinski definition) is 1. The van der Waals surface area contributed by atoms with Crippen molar-refractivity contribution in [2.45, 2.75) is 31.6 Å². The van der Waals surface area contributed by atoms with Gasteiger partial charge in [0.1, 0.15) is 11.9 Å². The van der Waals surface area contributed by atoms with Crippen LogP contribution in [-0.2, 0) is 17.8 Å². The summed E-state index contributed by atoms with van der Waals surface area (Å²) in [5.74, 6) is -0.270. The Morgan fingerprint density at radius 2 is 1.76 bits per heavy atom. The average molecular weight is 487 g/mol. The minimum atomic E-state index is -0.551. The number of rotatable bonds is 9. The zero-order valence-corrected chi connectivity index (χ0v) is 19.5. The summed E-state index contributed by atoms with van der Waals surface area (Å²) in [6, 6.07) is 21.7. The number of nitrogens with zero attached hydrogens (tertiary/aromatic N) is 2. The molecule has 0 fully saturated rings. The molecule has 0 radical (unpaired) electrons. The number of oxime groups is 1. The van der Waals surface area contributed by atoms with Crippen LogP contribution >= 0.6 is 23.2 Å². The molecule has 7 heteroatoms. The number of benzene rings is 3. The molecule has 3 aromatic carbocycles. The van der Waals surface area contributed by atoms with Gasteiger partial charge in [-0.2, -0.15) is 0 Å². The van der Waals surface area contributed by atoms with Gasteiger partial charge in [0.2, 0.25) is 0 Å². The number of aliphatic hydroxyl groups excluding tert-OH is 1. The molecule has 1 aliphatic rings. The normalized spacial score (nSPS) is 16.5. The number of aliphatic hydroxyl groups is 1. The summed E-state index contributed by atoms with van der Waals surface area (Å²) in [6.07, 6.45) is 0.452. The highest BCUT2D eigenvalue weighted by Gasteiger charge is 2.26. The van der Waals surface area contributed by atoms with E-state index in [2.05, 4.69) is 10.1 Å². The summed E-state index contributed by atoms with van der Waals surface area (Å²) in [6.45, 7) is 1.58. The maximum Gasteiger partial charge on any atom is 0.145 e. The quantitative estimate of drug-likeness (QED) is 0.419. The molecule has 0 aliphatic carbocycles. The van der Waals surface area contributed by atoms with Crippen molar-refractivity contribution in [1.82, 2.24) is 4.90 Å². The summed E-state index contributed by atoms with van der Waals surface area (Å²) in [7, 11) is 0. The summed E-state index contributed by atoms with van der Waals surface area (Å²) in [5.41, 5.74) is 3.73. The maximum atomic E-state index is 13.4. The third-order valence-electron chi connectivity index (χ3n) is 5.55. The summed E-state index contributed by atoms with van der Waals surface area (Å²) in [4.78, 5) is 7.83. The Labute approximate surface area is 203 Å². The van der Waals surface area contributed by atoms with E-state index in [9.17, 15) is 9.50 Å². The summed E-state index contributed by atoms with van der Waals surface area (Å²) in [5, 5.41) is 16.0. The van der Waals surface area contributed by atoms with Gasteiger partial charge in [-0.15, -0.1) is 0 Å². The Morgan fingerprint density at radius 3 is 2.48 bits per heavy atom. The molecule has 1 heterocycles. The lowest BCUT2D eigenvalue weighted by atomic mass is 10.0. The molecule has 4 nitrogen and oxygen atoms in total. The van der Waals surface area contributed by atoms with Crippen LogP contribution in [0.5, 0.6) is 0 Å². The van der Waals surface area contributed by atoms with E-state index in [-0.39, 0.29) is 11.9 Å². The Bertz CT molecular complexity index is 1090. The topological polar surface area (TPSA) is 45.1 Å². The first-order valence-corrected chi connectivity index (χ1v) is 11.6. The van der Waals surface area contributed by atoms with Gasteiger partial charge >= 0.3 is 0 Å². The van der Waals surface area contributed by atoms with Gasteiger partial charge in [-0.1, -0.05) is 76.9 Å². The van der Waals surface area contributed by atoms with Gasteiger partial charge in [-0.25, -0.2) is 4.39 Å². The van der Waals surface area contributed by atoms with Gasteiger partial charge in [0, 0.05) is 31.6 Å². The van der Waals surface area contributed by atoms with Crippen molar-refractivity contribution in [2.24, 2.45) is 5.16 Å². The molecule has 4 rings (SSSR count). The molecular weight excluding hydrogens is 462 g/mol. The van der Waals surface area contributed by atoms with Gasteiger partial charge in [-0.3, -0.25) is 4.90 Å². The van der Waals surface area contributed by atoms with Crippen LogP contribution in [0.15, 0.2) is 78.0 Å². The minimum Gasteiger partial charge on any atom is -0.391 e. The fourth-order valence-corrected chi connectivity index (χ4v) is 4.26. The van der Waals surface area contributed by atoms with Crippen LogP contribution in [0.4, 0.5) is 4.39 Å². The van der Waals surface area contributed by atoms with Crippen molar-refractivity contribution in [3.63, 3.8) is 0 Å². The number of hydrogen-bond acceptors (Lipinski definition) is 4. The van der Waals surface area contributed by atoms with Crippen molar-refractivity contribution in [3.05, 3.63) is 105 Å². The highest BCUT2D eigenvalue weighted by molar-refractivity contribution is 6.42. The van der Waals surface area contributed by atoms with Gasteiger partial charge in [-0.05, 0) is 41.8 Å². The van der Waals surface area contributed by atoms with Crippen LogP contribution in [0.3, 0.4) is 0 Å². The third-order valence-corrected chi connectivity index (χ3v) is 6.29. The second-order valence-corrected chi connectivity index (χ2v) is 9.08. The monoisotopic (exact) mass is 486 g/mol. The standard InChI is InChI=1S/C26H25Cl2FN2O2/c27-24-11-8-20(13-25(24)28)26-14-23(33-30-26)17-31(15-19-6-9-21(29)10-7-19)16-22(32)12-18-4-2-1-3-5-18/h1-11,13,22-23,32H,12,14-17H2/t22-,23-/m0/s1. The van der Waals surface area contributed by atoms with E-state index >= 15 is 0 Å². The molecule has 1 aliphatic heterocycles. The highest BCUT2D eigenvalue weighted by Crippen LogP contribution is 2.26. The Morgan fingerprint density at radius 1 is 1.00 bits per heavy atom. The lowest BCUT2D eigenvalue weighted by Crippen LogP contribution is -2.38. The van der Waals surface area contributed by atoms with Gasteiger partial charge in [0.05, 0.1) is 21.9 Å². The predicted octanol–water partition coefficient (Wildman–Crippen LogP) is 5.73. The van der Waals surface area contributed by atoms with Crippen molar-refractivity contribution in [1.29, 1.82) is 0 Å². The highest BCUT2D eigenvalue weighted by atomic mass is 35.5. The second kappa shape index (κ2) is 11.1. The van der Waals surface area contributed by atoms with E-state index < -0.39 is 6.10 Å². The zero-order chi connectivity index (χ0) is 23.2. The molecule has 0 aromatic heterocycles. The van der Waals surface area contributed by atoms with Gasteiger partial charge < -0.3 is 9.94 Å². The first-order chi connectivity index (χ1) is 16.0. The molecule has 2 atom stereocenters. The first kappa shape index (κ1) is 23.7. The third kappa shape index (κ3) is 6.78. The van der Waals surface area contributed by atoms with E-state index in [1.165, 1.54) is 12.1 Å². The van der Waals surface area contributed by atoms with Crippen molar-refractivity contribution < 1.29 is 14.3 Å². The second-order valence-electron chi connectivity index (χ2n) is 8.26. The fraction of sp³-hybridized carbons (Fsp3) is 0.269. The maximum absolute atomic E-state index is 13.4. The summed E-state index contributed by atoms with van der Waals surface area (Å²) < 4.78 is 13.4. The molecule has 0 bridgehead atoms. The molecule has 33 heavy (non-hydrogen) atoms. The first-order valence-electron chi connectivity index (χ1n) is 10.8. The lowest BCUT2D eigenvalue weighted by molar-refractivity contribution is 0.0322. The van der Waals surface area contributed by atoms with Crippen molar-refractivity contribution in [3.8, 4) is 0 Å². The molecule has 0 amide bonds. The van der Waals surface area contributed by atoms with Crippen LogP contribution in [0, 0.1) is 5.82 Å². The van der Waals surface area contributed by atoms with E-state index in [1.54, 1.807) is 24.3 Å². The molecule has 0 saturated carbocycles. The van der Waals surface area contributed by atoms with Gasteiger partial charge in [0.15, 0.2) is 0 Å². The minimum absolute atomic E-state index is 0.168. The zero-order valence-electron chi connectivity index (χ0n) is 18.0. The Kier molecular flexibility index (Phi) is 7.99. The van der Waals surface area contributed by atoms with E-state index in [0.717, 1.165) is 22.4 Å². The largest absolute Gasteiger partial charge is 0.391 e. The molecule has 0 unspecified atom stereocenters. The van der Waals surface area contributed by atoms with Crippen LogP contribution in [0.25, 0.3) is 0 Å². The molecule has 0 spiro atoms. The molecule has 172 valence electrons. The van der Waals surface area contributed by atoms with Crippen LogP contribution < -0.4 is 0 Å². The molecular formula is C26H25Cl2FN2O2. The Balaban J connectivity index is 1.41. The fourth-order valence-electron chi connectivity index (χ4n) is 3.96. The van der Waals surface area contributed by atoms with Crippen LogP contribution in [-0.4, -0.2) is 41.0 Å². The van der Waals surface area contributed by atoms with Crippen molar-refractivity contribution >= 4 is 28.9 Å². The lowest BCUT2D eigenvalue weighted by Gasteiger charge is -2.27. The smallest absolute Gasteiger partial charge is 0.145 e. The van der Waals surface area contributed by atoms with E-state index in [4.69, 9.17) is 28.0 Å². The molecule has 3 aromatic rings. The SMILES string of the molecule is O[C@@H](Cc1ccccc1)CN(Cc1ccc(F)cc1)C[C@@H]1CC(c2ccc(Cl)c(Cl)c2)=NO1. The van der Waals surface area contributed by atoms with E-state index in [0.29, 0.717) is 42.5 Å².